The fraction of sp³-hybridized carbons (Fsp3) is 1.00. The largest absolute Gasteiger partial charge is 0.524 e. The van der Waals surface area contributed by atoms with Crippen molar-refractivity contribution in [3.63, 3.8) is 0 Å². The normalized spacial score (nSPS) is 13.7. The van der Waals surface area contributed by atoms with Crippen LogP contribution in [0.5, 0.6) is 0 Å². The molecule has 102 valence electrons. The molecule has 0 radical (unpaired) electrons. The summed E-state index contributed by atoms with van der Waals surface area (Å²) in [5.74, 6) is 0.784. The van der Waals surface area contributed by atoms with Gasteiger partial charge in [-0.25, -0.2) is 0 Å². The SMILES string of the molecule is O=[P+](O)C(Cl)CCCCCCCCCCCCl. The third kappa shape index (κ3) is 12.9. The topological polar surface area (TPSA) is 37.3 Å². The minimum atomic E-state index is -2.19. The molecule has 0 aliphatic heterocycles. The third-order valence-corrected chi connectivity index (χ3v) is 4.54. The molecule has 2 nitrogen and oxygen atoms in total. The van der Waals surface area contributed by atoms with E-state index in [0.29, 0.717) is 6.42 Å². The van der Waals surface area contributed by atoms with Crippen LogP contribution in [0.25, 0.3) is 0 Å². The maximum atomic E-state index is 10.6. The minimum Gasteiger partial charge on any atom is -0.160 e. The number of halogens is 2. The lowest BCUT2D eigenvalue weighted by molar-refractivity contribution is 0.493. The summed E-state index contributed by atoms with van der Waals surface area (Å²) in [7, 11) is -2.19. The smallest absolute Gasteiger partial charge is 0.160 e. The van der Waals surface area contributed by atoms with E-state index in [-0.39, 0.29) is 0 Å². The highest BCUT2D eigenvalue weighted by molar-refractivity contribution is 7.41. The quantitative estimate of drug-likeness (QED) is 0.297. The molecule has 2 unspecified atom stereocenters. The first-order chi connectivity index (χ1) is 8.18. The lowest BCUT2D eigenvalue weighted by Crippen LogP contribution is -1.91. The number of hydrogen-bond acceptors (Lipinski definition) is 1. The molecule has 0 bridgehead atoms. The van der Waals surface area contributed by atoms with Gasteiger partial charge >= 0.3 is 8.03 Å². The van der Waals surface area contributed by atoms with Crippen LogP contribution >= 0.6 is 31.2 Å². The maximum absolute atomic E-state index is 10.6. The van der Waals surface area contributed by atoms with Gasteiger partial charge in [0.2, 0.25) is 0 Å². The molecule has 0 aromatic heterocycles. The molecule has 0 heterocycles. The predicted octanol–water partition coefficient (Wildman–Crippen LogP) is 5.43. The van der Waals surface area contributed by atoms with Crippen LogP contribution < -0.4 is 0 Å². The molecular formula is C12H24Cl2O2P+. The molecule has 0 saturated carbocycles. The fourth-order valence-electron chi connectivity index (χ4n) is 1.76. The molecule has 17 heavy (non-hydrogen) atoms. The fourth-order valence-corrected chi connectivity index (χ4v) is 2.50. The minimum absolute atomic E-state index is 0.555. The summed E-state index contributed by atoms with van der Waals surface area (Å²) in [5, 5.41) is -0.555. The Morgan fingerprint density at radius 2 is 1.29 bits per heavy atom. The monoisotopic (exact) mass is 301 g/mol. The molecule has 0 aromatic carbocycles. The van der Waals surface area contributed by atoms with Crippen LogP contribution in [0, 0.1) is 0 Å². The second-order valence-corrected chi connectivity index (χ2v) is 6.83. The first-order valence-electron chi connectivity index (χ1n) is 6.53. The molecule has 0 amide bonds. The first-order valence-corrected chi connectivity index (χ1v) is 8.79. The number of hydrogen-bond donors (Lipinski definition) is 1. The van der Waals surface area contributed by atoms with Gasteiger partial charge in [0.15, 0.2) is 0 Å². The average molecular weight is 302 g/mol. The Kier molecular flexibility index (Phi) is 13.6. The summed E-state index contributed by atoms with van der Waals surface area (Å²) < 4.78 is 10.6. The summed E-state index contributed by atoms with van der Waals surface area (Å²) in [4.78, 5) is 8.73. The lowest BCUT2D eigenvalue weighted by Gasteiger charge is -2.01. The van der Waals surface area contributed by atoms with Gasteiger partial charge in [-0.1, -0.05) is 56.5 Å². The summed E-state index contributed by atoms with van der Waals surface area (Å²) in [6.07, 6.45) is 11.5. The van der Waals surface area contributed by atoms with Gasteiger partial charge in [-0.2, -0.15) is 4.89 Å². The zero-order valence-corrected chi connectivity index (χ0v) is 12.8. The van der Waals surface area contributed by atoms with Crippen LogP contribution in [0.4, 0.5) is 0 Å². The maximum Gasteiger partial charge on any atom is 0.524 e. The predicted molar refractivity (Wildman–Crippen MR) is 76.4 cm³/mol. The molecule has 0 aliphatic rings. The molecule has 0 saturated heterocycles. The van der Waals surface area contributed by atoms with E-state index in [9.17, 15) is 4.57 Å². The van der Waals surface area contributed by atoms with Crippen molar-refractivity contribution >= 4 is 31.2 Å². The van der Waals surface area contributed by atoms with Crippen LogP contribution in [0.1, 0.15) is 64.2 Å². The van der Waals surface area contributed by atoms with Gasteiger partial charge in [0.1, 0.15) is 0 Å². The summed E-state index contributed by atoms with van der Waals surface area (Å²) in [5.41, 5.74) is 0. The molecule has 2 atom stereocenters. The second kappa shape index (κ2) is 13.1. The van der Waals surface area contributed by atoms with Gasteiger partial charge in [0, 0.05) is 12.3 Å². The number of alkyl halides is 2. The van der Waals surface area contributed by atoms with Crippen molar-refractivity contribution in [2.75, 3.05) is 5.88 Å². The van der Waals surface area contributed by atoms with Crippen molar-refractivity contribution in [3.8, 4) is 0 Å². The Balaban J connectivity index is 3.06. The van der Waals surface area contributed by atoms with E-state index in [4.69, 9.17) is 28.1 Å². The van der Waals surface area contributed by atoms with E-state index < -0.39 is 13.1 Å². The van der Waals surface area contributed by atoms with Crippen LogP contribution in [-0.2, 0) is 4.57 Å². The van der Waals surface area contributed by atoms with Crippen molar-refractivity contribution in [3.05, 3.63) is 0 Å². The lowest BCUT2D eigenvalue weighted by atomic mass is 10.1. The van der Waals surface area contributed by atoms with Gasteiger partial charge in [-0.05, 0) is 17.4 Å². The van der Waals surface area contributed by atoms with Crippen LogP contribution in [0.3, 0.4) is 0 Å². The van der Waals surface area contributed by atoms with E-state index >= 15 is 0 Å². The summed E-state index contributed by atoms with van der Waals surface area (Å²) >= 11 is 11.3. The van der Waals surface area contributed by atoms with E-state index in [2.05, 4.69) is 0 Å². The standard InChI is InChI=1S/C12H23Cl2O2P/c13-11-9-7-5-3-1-2-4-6-8-10-12(14)17(15)16/h12H,1-11H2/p+1. The molecule has 0 fully saturated rings. The molecule has 0 aliphatic carbocycles. The Hall–Kier alpha value is 0.640. The van der Waals surface area contributed by atoms with Crippen LogP contribution in [0.2, 0.25) is 0 Å². The Bertz CT molecular complexity index is 191. The zero-order chi connectivity index (χ0) is 12.9. The summed E-state index contributed by atoms with van der Waals surface area (Å²) in [6, 6.07) is 0. The van der Waals surface area contributed by atoms with Crippen molar-refractivity contribution < 1.29 is 9.46 Å². The highest BCUT2D eigenvalue weighted by Crippen LogP contribution is 2.30. The summed E-state index contributed by atoms with van der Waals surface area (Å²) in [6.45, 7) is 0. The van der Waals surface area contributed by atoms with Gasteiger partial charge in [0.25, 0.3) is 5.12 Å². The third-order valence-electron chi connectivity index (χ3n) is 2.82. The zero-order valence-electron chi connectivity index (χ0n) is 10.4. The molecule has 0 aromatic rings. The van der Waals surface area contributed by atoms with Crippen LogP contribution in [-0.4, -0.2) is 15.9 Å². The van der Waals surface area contributed by atoms with Crippen molar-refractivity contribution in [2.45, 2.75) is 69.3 Å². The van der Waals surface area contributed by atoms with Crippen molar-refractivity contribution in [1.29, 1.82) is 0 Å². The van der Waals surface area contributed by atoms with Gasteiger partial charge in [-0.3, -0.25) is 0 Å². The van der Waals surface area contributed by atoms with E-state index in [0.717, 1.165) is 25.1 Å². The highest BCUT2D eigenvalue weighted by atomic mass is 35.5. The second-order valence-electron chi connectivity index (χ2n) is 4.40. The van der Waals surface area contributed by atoms with Gasteiger partial charge in [-0.15, -0.1) is 11.6 Å². The molecular weight excluding hydrogens is 278 g/mol. The average Bonchev–Trinajstić information content (AvgIpc) is 2.31. The van der Waals surface area contributed by atoms with E-state index in [1.807, 2.05) is 0 Å². The van der Waals surface area contributed by atoms with Gasteiger partial charge < -0.3 is 0 Å². The Labute approximate surface area is 116 Å². The molecule has 0 spiro atoms. The van der Waals surface area contributed by atoms with E-state index in [1.54, 1.807) is 0 Å². The Morgan fingerprint density at radius 3 is 1.71 bits per heavy atom. The molecule has 0 rings (SSSR count). The highest BCUT2D eigenvalue weighted by Gasteiger charge is 2.24. The number of rotatable bonds is 12. The van der Waals surface area contributed by atoms with Crippen LogP contribution in [0.15, 0.2) is 0 Å². The van der Waals surface area contributed by atoms with Crippen molar-refractivity contribution in [1.82, 2.24) is 0 Å². The van der Waals surface area contributed by atoms with Crippen molar-refractivity contribution in [2.24, 2.45) is 0 Å². The first kappa shape index (κ1) is 17.6. The molecule has 1 N–H and O–H groups in total. The molecule has 5 heteroatoms. The Morgan fingerprint density at radius 1 is 0.882 bits per heavy atom. The number of unbranched alkanes of at least 4 members (excludes halogenated alkanes) is 8. The van der Waals surface area contributed by atoms with E-state index in [1.165, 1.54) is 38.5 Å². The van der Waals surface area contributed by atoms with Gasteiger partial charge in [0.05, 0.1) is 0 Å².